The highest BCUT2D eigenvalue weighted by Gasteiger charge is 2.33. The number of carboxylic acids is 1. The second kappa shape index (κ2) is 15.4. The molecule has 0 fully saturated rings. The molecule has 0 saturated carbocycles. The van der Waals surface area contributed by atoms with Crippen LogP contribution in [-0.4, -0.2) is 65.5 Å². The van der Waals surface area contributed by atoms with Gasteiger partial charge in [0.1, 0.15) is 18.1 Å². The van der Waals surface area contributed by atoms with Gasteiger partial charge in [-0.3, -0.25) is 19.4 Å². The van der Waals surface area contributed by atoms with E-state index in [0.29, 0.717) is 19.4 Å². The number of nitrogens with zero attached hydrogens (tertiary/aromatic N) is 1. The number of rotatable bonds is 15. The highest BCUT2D eigenvalue weighted by atomic mass is 16.4. The minimum absolute atomic E-state index is 0.0481. The summed E-state index contributed by atoms with van der Waals surface area (Å²) in [7, 11) is 0. The average Bonchev–Trinajstić information content (AvgIpc) is 2.82. The van der Waals surface area contributed by atoms with Crippen LogP contribution in [0.5, 0.6) is 0 Å². The van der Waals surface area contributed by atoms with E-state index in [1.165, 1.54) is 0 Å². The van der Waals surface area contributed by atoms with Gasteiger partial charge in [0.15, 0.2) is 5.96 Å². The molecule has 0 bridgehead atoms. The lowest BCUT2D eigenvalue weighted by Gasteiger charge is -2.28. The number of aliphatic carboxylic acids is 1. The fraction of sp³-hybridized carbons (Fsp3) is 0.560. The van der Waals surface area contributed by atoms with Crippen molar-refractivity contribution in [3.63, 3.8) is 0 Å². The van der Waals surface area contributed by atoms with Gasteiger partial charge in [-0.2, -0.15) is 0 Å². The average molecular weight is 520 g/mol. The second-order valence-electron chi connectivity index (χ2n) is 9.60. The van der Waals surface area contributed by atoms with Gasteiger partial charge in [-0.25, -0.2) is 4.79 Å². The topological polar surface area (TPSA) is 215 Å². The van der Waals surface area contributed by atoms with Gasteiger partial charge in [0.25, 0.3) is 0 Å². The van der Waals surface area contributed by atoms with Crippen molar-refractivity contribution in [2.75, 3.05) is 6.54 Å². The Balaban J connectivity index is 2.85. The van der Waals surface area contributed by atoms with E-state index < -0.39 is 47.9 Å². The number of amides is 3. The molecule has 206 valence electrons. The molecule has 37 heavy (non-hydrogen) atoms. The zero-order valence-corrected chi connectivity index (χ0v) is 21.9. The lowest BCUT2D eigenvalue weighted by molar-refractivity contribution is -0.142. The third kappa shape index (κ3) is 11.3. The summed E-state index contributed by atoms with van der Waals surface area (Å²) in [6.45, 7) is 7.28. The van der Waals surface area contributed by atoms with Gasteiger partial charge in [-0.05, 0) is 30.2 Å². The number of nitrogens with two attached hydrogens (primary N) is 3. The molecular formula is C25H41N7O5. The number of carboxylic acid groups (broad SMARTS) is 1. The number of carbonyl (C=O) groups is 4. The Morgan fingerprint density at radius 3 is 1.86 bits per heavy atom. The molecule has 0 unspecified atom stereocenters. The Labute approximate surface area is 217 Å². The molecule has 3 amide bonds. The molecule has 10 N–H and O–H groups in total. The molecule has 0 aliphatic heterocycles. The van der Waals surface area contributed by atoms with Crippen LogP contribution in [0.25, 0.3) is 0 Å². The summed E-state index contributed by atoms with van der Waals surface area (Å²) in [4.78, 5) is 54.3. The fourth-order valence-electron chi connectivity index (χ4n) is 3.54. The predicted molar refractivity (Wildman–Crippen MR) is 141 cm³/mol. The number of hydrogen-bond donors (Lipinski definition) is 7. The molecular weight excluding hydrogens is 478 g/mol. The van der Waals surface area contributed by atoms with Crippen LogP contribution in [0.2, 0.25) is 0 Å². The minimum atomic E-state index is -1.19. The first kappa shape index (κ1) is 31.4. The van der Waals surface area contributed by atoms with Crippen LogP contribution in [0.4, 0.5) is 0 Å². The van der Waals surface area contributed by atoms with Gasteiger partial charge in [0.2, 0.25) is 17.7 Å². The first-order valence-corrected chi connectivity index (χ1v) is 12.3. The Kier molecular flexibility index (Phi) is 13.1. The third-order valence-corrected chi connectivity index (χ3v) is 5.70. The number of nitrogens with one attached hydrogen (secondary N) is 3. The zero-order valence-electron chi connectivity index (χ0n) is 21.9. The summed E-state index contributed by atoms with van der Waals surface area (Å²) < 4.78 is 0. The van der Waals surface area contributed by atoms with E-state index in [1.807, 2.05) is 6.07 Å². The molecule has 0 radical (unpaired) electrons. The van der Waals surface area contributed by atoms with Gasteiger partial charge in [-0.1, -0.05) is 58.0 Å². The van der Waals surface area contributed by atoms with E-state index in [9.17, 15) is 24.3 Å². The maximum absolute atomic E-state index is 13.1. The predicted octanol–water partition coefficient (Wildman–Crippen LogP) is -0.539. The first-order chi connectivity index (χ1) is 17.3. The quantitative estimate of drug-likeness (QED) is 0.0905. The van der Waals surface area contributed by atoms with Crippen LogP contribution < -0.4 is 33.2 Å². The van der Waals surface area contributed by atoms with Crippen molar-refractivity contribution in [3.05, 3.63) is 35.9 Å². The van der Waals surface area contributed by atoms with Crippen molar-refractivity contribution in [2.24, 2.45) is 34.0 Å². The van der Waals surface area contributed by atoms with Crippen LogP contribution in [0, 0.1) is 11.8 Å². The van der Waals surface area contributed by atoms with Crippen molar-refractivity contribution < 1.29 is 24.3 Å². The molecule has 0 aromatic heterocycles. The third-order valence-electron chi connectivity index (χ3n) is 5.70. The molecule has 4 atom stereocenters. The molecule has 1 aromatic rings. The van der Waals surface area contributed by atoms with Crippen molar-refractivity contribution >= 4 is 29.7 Å². The molecule has 0 spiro atoms. The smallest absolute Gasteiger partial charge is 0.326 e. The van der Waals surface area contributed by atoms with E-state index in [1.54, 1.807) is 52.0 Å². The van der Waals surface area contributed by atoms with E-state index >= 15 is 0 Å². The van der Waals surface area contributed by atoms with Crippen LogP contribution in [0.3, 0.4) is 0 Å². The van der Waals surface area contributed by atoms with Gasteiger partial charge in [0, 0.05) is 13.0 Å². The summed E-state index contributed by atoms with van der Waals surface area (Å²) in [5, 5.41) is 17.5. The second-order valence-corrected chi connectivity index (χ2v) is 9.60. The van der Waals surface area contributed by atoms with Crippen LogP contribution >= 0.6 is 0 Å². The molecule has 1 aromatic carbocycles. The number of guanidine groups is 1. The first-order valence-electron chi connectivity index (χ1n) is 12.3. The van der Waals surface area contributed by atoms with Crippen LogP contribution in [-0.2, 0) is 25.6 Å². The number of carbonyl (C=O) groups excluding carboxylic acids is 3. The summed E-state index contributed by atoms with van der Waals surface area (Å²) in [6, 6.07) is 4.89. The lowest BCUT2D eigenvalue weighted by atomic mass is 9.98. The Morgan fingerprint density at radius 2 is 1.38 bits per heavy atom. The van der Waals surface area contributed by atoms with Crippen LogP contribution in [0.15, 0.2) is 35.3 Å². The summed E-state index contributed by atoms with van der Waals surface area (Å²) in [6.07, 6.45) is 0.880. The zero-order chi connectivity index (χ0) is 28.1. The number of benzene rings is 1. The largest absolute Gasteiger partial charge is 0.480 e. The molecule has 0 aliphatic rings. The Hall–Kier alpha value is -3.67. The molecule has 0 heterocycles. The van der Waals surface area contributed by atoms with Crippen LogP contribution in [0.1, 0.15) is 46.1 Å². The molecule has 1 rings (SSSR count). The SMILES string of the molecule is CC(C)[C@H](NC(=O)[C@@H](NC(=O)[C@@H](N)CCCN=C(N)N)C(C)C)C(=O)N[C@@H](Cc1ccccc1)C(=O)O. The normalized spacial score (nSPS) is 14.2. The highest BCUT2D eigenvalue weighted by Crippen LogP contribution is 2.09. The molecule has 0 aliphatic carbocycles. The highest BCUT2D eigenvalue weighted by molar-refractivity contribution is 5.94. The van der Waals surface area contributed by atoms with E-state index in [0.717, 1.165) is 5.56 Å². The molecule has 12 heteroatoms. The van der Waals surface area contributed by atoms with Gasteiger partial charge < -0.3 is 38.3 Å². The maximum atomic E-state index is 13.1. The van der Waals surface area contributed by atoms with Gasteiger partial charge in [-0.15, -0.1) is 0 Å². The van der Waals surface area contributed by atoms with Crippen molar-refractivity contribution in [1.82, 2.24) is 16.0 Å². The lowest BCUT2D eigenvalue weighted by Crippen LogP contribution is -2.59. The Morgan fingerprint density at radius 1 is 0.865 bits per heavy atom. The van der Waals surface area contributed by atoms with E-state index in [2.05, 4.69) is 20.9 Å². The molecule has 12 nitrogen and oxygen atoms in total. The van der Waals surface area contributed by atoms with Crippen molar-refractivity contribution in [2.45, 2.75) is 71.1 Å². The molecule has 0 saturated heterocycles. The van der Waals surface area contributed by atoms with Gasteiger partial charge >= 0.3 is 5.97 Å². The maximum Gasteiger partial charge on any atom is 0.326 e. The minimum Gasteiger partial charge on any atom is -0.480 e. The monoisotopic (exact) mass is 519 g/mol. The van der Waals surface area contributed by atoms with Crippen molar-refractivity contribution in [1.29, 1.82) is 0 Å². The fourth-order valence-corrected chi connectivity index (χ4v) is 3.54. The van der Waals surface area contributed by atoms with Crippen molar-refractivity contribution in [3.8, 4) is 0 Å². The van der Waals surface area contributed by atoms with E-state index in [4.69, 9.17) is 17.2 Å². The standard InChI is InChI=1S/C25H41N7O5/c1-14(2)19(22(34)30-18(24(36)37)13-16-9-6-5-7-10-16)32-23(35)20(15(3)4)31-21(33)17(26)11-8-12-29-25(27)28/h5-7,9-10,14-15,17-20H,8,11-13,26H2,1-4H3,(H,30,34)(H,31,33)(H,32,35)(H,36,37)(H4,27,28,29)/t17-,18-,19-,20-/m0/s1. The van der Waals surface area contributed by atoms with Gasteiger partial charge in [0.05, 0.1) is 6.04 Å². The number of aliphatic imine (C=N–C) groups is 1. The summed E-state index contributed by atoms with van der Waals surface area (Å²) in [5.74, 6) is -3.61. The Bertz CT molecular complexity index is 933. The van der Waals surface area contributed by atoms with E-state index in [-0.39, 0.29) is 24.2 Å². The summed E-state index contributed by atoms with van der Waals surface area (Å²) >= 11 is 0. The summed E-state index contributed by atoms with van der Waals surface area (Å²) in [5.41, 5.74) is 17.2. The number of hydrogen-bond acceptors (Lipinski definition) is 6.